The molecule has 35 heavy (non-hydrogen) atoms. The molecule has 1 amide bonds. The summed E-state index contributed by atoms with van der Waals surface area (Å²) in [6, 6.07) is 16.0. The SMILES string of the molecule is CCc1nn(-c2ccccc2)c(Oc2ccccc2F)c1CN(CC1CCCO1)C(=O)C1CCC1. The van der Waals surface area contributed by atoms with E-state index < -0.39 is 5.82 Å². The summed E-state index contributed by atoms with van der Waals surface area (Å²) in [5.41, 5.74) is 2.46. The molecule has 1 aromatic heterocycles. The van der Waals surface area contributed by atoms with Gasteiger partial charge in [0.2, 0.25) is 11.8 Å². The third-order valence-electron chi connectivity index (χ3n) is 6.96. The Morgan fingerprint density at radius 2 is 1.89 bits per heavy atom. The molecule has 2 fully saturated rings. The monoisotopic (exact) mass is 477 g/mol. The number of carbonyl (C=O) groups is 1. The summed E-state index contributed by atoms with van der Waals surface area (Å²) in [6.45, 7) is 3.68. The Morgan fingerprint density at radius 3 is 2.54 bits per heavy atom. The number of aromatic nitrogens is 2. The molecule has 1 saturated carbocycles. The van der Waals surface area contributed by atoms with Crippen molar-refractivity contribution in [2.75, 3.05) is 13.2 Å². The second-order valence-electron chi connectivity index (χ2n) is 9.35. The van der Waals surface area contributed by atoms with Crippen LogP contribution in [0, 0.1) is 11.7 Å². The Kier molecular flexibility index (Phi) is 7.13. The van der Waals surface area contributed by atoms with Crippen LogP contribution < -0.4 is 4.74 Å². The number of benzene rings is 2. The molecular formula is C28H32FN3O3. The summed E-state index contributed by atoms with van der Waals surface area (Å²) < 4.78 is 28.4. The molecule has 2 aromatic carbocycles. The highest BCUT2D eigenvalue weighted by molar-refractivity contribution is 5.79. The predicted molar refractivity (Wildman–Crippen MR) is 131 cm³/mol. The third-order valence-corrected chi connectivity index (χ3v) is 6.96. The van der Waals surface area contributed by atoms with Crippen LogP contribution in [0.1, 0.15) is 50.3 Å². The van der Waals surface area contributed by atoms with Crippen LogP contribution in [0.4, 0.5) is 4.39 Å². The van der Waals surface area contributed by atoms with E-state index in [-0.39, 0.29) is 23.7 Å². The highest BCUT2D eigenvalue weighted by atomic mass is 19.1. The molecule has 0 N–H and O–H groups in total. The second kappa shape index (κ2) is 10.6. The van der Waals surface area contributed by atoms with E-state index in [1.165, 1.54) is 6.07 Å². The van der Waals surface area contributed by atoms with E-state index in [1.807, 2.05) is 42.2 Å². The van der Waals surface area contributed by atoms with Gasteiger partial charge in [0, 0.05) is 19.1 Å². The zero-order valence-corrected chi connectivity index (χ0v) is 20.2. The van der Waals surface area contributed by atoms with Crippen molar-refractivity contribution in [2.24, 2.45) is 5.92 Å². The van der Waals surface area contributed by atoms with Crippen LogP contribution in [-0.2, 0) is 22.5 Å². The molecule has 1 unspecified atom stereocenters. The predicted octanol–water partition coefficient (Wildman–Crippen LogP) is 5.67. The first-order valence-corrected chi connectivity index (χ1v) is 12.6. The number of rotatable bonds is 9. The standard InChI is InChI=1S/C28H32FN3O3/c1-2-25-23(19-31(18-22-14-9-17-34-22)27(33)20-10-8-11-20)28(35-26-16-7-6-15-24(26)29)32(30-25)21-12-4-3-5-13-21/h3-7,12-13,15-16,20,22H,2,8-11,14,17-19H2,1H3. The lowest BCUT2D eigenvalue weighted by atomic mass is 9.84. The van der Waals surface area contributed by atoms with Gasteiger partial charge < -0.3 is 14.4 Å². The third kappa shape index (κ3) is 5.10. The van der Waals surface area contributed by atoms with Crippen LogP contribution in [0.5, 0.6) is 11.6 Å². The van der Waals surface area contributed by atoms with Gasteiger partial charge in [0.1, 0.15) is 0 Å². The molecule has 2 heterocycles. The number of amides is 1. The van der Waals surface area contributed by atoms with Gasteiger partial charge in [-0.3, -0.25) is 4.79 Å². The van der Waals surface area contributed by atoms with E-state index >= 15 is 0 Å². The van der Waals surface area contributed by atoms with Crippen molar-refractivity contribution in [3.63, 3.8) is 0 Å². The van der Waals surface area contributed by atoms with E-state index in [1.54, 1.807) is 22.9 Å². The normalized spacial score (nSPS) is 17.8. The number of aryl methyl sites for hydroxylation is 1. The summed E-state index contributed by atoms with van der Waals surface area (Å²) in [5, 5.41) is 4.85. The molecule has 1 atom stereocenters. The van der Waals surface area contributed by atoms with Gasteiger partial charge in [0.15, 0.2) is 11.6 Å². The Morgan fingerprint density at radius 1 is 1.11 bits per heavy atom. The molecule has 1 aliphatic carbocycles. The largest absolute Gasteiger partial charge is 0.435 e. The number of hydrogen-bond acceptors (Lipinski definition) is 4. The first kappa shape index (κ1) is 23.5. The van der Waals surface area contributed by atoms with Crippen LogP contribution >= 0.6 is 0 Å². The summed E-state index contributed by atoms with van der Waals surface area (Å²) in [6.07, 6.45) is 5.64. The molecule has 3 aromatic rings. The first-order chi connectivity index (χ1) is 17.1. The van der Waals surface area contributed by atoms with Crippen LogP contribution in [0.3, 0.4) is 0 Å². The quantitative estimate of drug-likeness (QED) is 0.398. The van der Waals surface area contributed by atoms with Crippen LogP contribution in [0.15, 0.2) is 54.6 Å². The maximum Gasteiger partial charge on any atom is 0.228 e. The summed E-state index contributed by atoms with van der Waals surface area (Å²) in [7, 11) is 0. The topological polar surface area (TPSA) is 56.6 Å². The van der Waals surface area contributed by atoms with Crippen molar-refractivity contribution in [1.29, 1.82) is 0 Å². The highest BCUT2D eigenvalue weighted by Gasteiger charge is 2.33. The summed E-state index contributed by atoms with van der Waals surface area (Å²) in [4.78, 5) is 15.4. The minimum atomic E-state index is -0.445. The van der Waals surface area contributed by atoms with Crippen molar-refractivity contribution in [1.82, 2.24) is 14.7 Å². The summed E-state index contributed by atoms with van der Waals surface area (Å²) in [5.74, 6) is 0.361. The molecule has 184 valence electrons. The van der Waals surface area contributed by atoms with Gasteiger partial charge in [-0.15, -0.1) is 0 Å². The number of carbonyl (C=O) groups excluding carboxylic acids is 1. The van der Waals surface area contributed by atoms with Crippen LogP contribution in [0.2, 0.25) is 0 Å². The molecule has 0 bridgehead atoms. The second-order valence-corrected chi connectivity index (χ2v) is 9.35. The maximum absolute atomic E-state index is 14.6. The summed E-state index contributed by atoms with van der Waals surface area (Å²) >= 11 is 0. The molecule has 0 radical (unpaired) electrons. The fourth-order valence-corrected chi connectivity index (χ4v) is 4.77. The van der Waals surface area contributed by atoms with E-state index in [2.05, 4.69) is 0 Å². The van der Waals surface area contributed by atoms with Gasteiger partial charge in [-0.2, -0.15) is 5.10 Å². The van der Waals surface area contributed by atoms with Crippen molar-refractivity contribution in [3.05, 3.63) is 71.7 Å². The van der Waals surface area contributed by atoms with Crippen molar-refractivity contribution in [2.45, 2.75) is 58.1 Å². The number of halogens is 1. The number of nitrogens with zero attached hydrogens (tertiary/aromatic N) is 3. The Balaban J connectivity index is 1.55. The van der Waals surface area contributed by atoms with Crippen molar-refractivity contribution >= 4 is 5.91 Å². The Labute approximate surface area is 205 Å². The molecule has 6 nitrogen and oxygen atoms in total. The van der Waals surface area contributed by atoms with Gasteiger partial charge in [0.05, 0.1) is 29.6 Å². The lowest BCUT2D eigenvalue weighted by molar-refractivity contribution is -0.140. The number of ether oxygens (including phenoxy) is 2. The average Bonchev–Trinajstić information content (AvgIpc) is 3.47. The molecule has 5 rings (SSSR count). The van der Waals surface area contributed by atoms with Crippen molar-refractivity contribution < 1.29 is 18.7 Å². The van der Waals surface area contributed by atoms with Gasteiger partial charge in [-0.25, -0.2) is 9.07 Å². The number of hydrogen-bond donors (Lipinski definition) is 0. The van der Waals surface area contributed by atoms with Crippen molar-refractivity contribution in [3.8, 4) is 17.3 Å². The van der Waals surface area contributed by atoms with Crippen LogP contribution in [-0.4, -0.2) is 39.8 Å². The lowest BCUT2D eigenvalue weighted by Gasteiger charge is -2.33. The Bertz CT molecular complexity index is 1150. The minimum absolute atomic E-state index is 0.0456. The fraction of sp³-hybridized carbons (Fsp3) is 0.429. The van der Waals surface area contributed by atoms with Crippen LogP contribution in [0.25, 0.3) is 5.69 Å². The minimum Gasteiger partial charge on any atom is -0.435 e. The Hall–Kier alpha value is -3.19. The van der Waals surface area contributed by atoms with Gasteiger partial charge in [0.25, 0.3) is 0 Å². The molecule has 1 saturated heterocycles. The maximum atomic E-state index is 14.6. The molecule has 0 spiro atoms. The van der Waals surface area contributed by atoms with Gasteiger partial charge in [-0.05, 0) is 56.4 Å². The average molecular weight is 478 g/mol. The van der Waals surface area contributed by atoms with Gasteiger partial charge >= 0.3 is 0 Å². The van der Waals surface area contributed by atoms with E-state index in [0.29, 0.717) is 25.4 Å². The number of para-hydroxylation sites is 2. The molecular weight excluding hydrogens is 445 g/mol. The zero-order chi connectivity index (χ0) is 24.2. The zero-order valence-electron chi connectivity index (χ0n) is 20.2. The molecule has 2 aliphatic rings. The lowest BCUT2D eigenvalue weighted by Crippen LogP contribution is -2.42. The molecule has 1 aliphatic heterocycles. The van der Waals surface area contributed by atoms with E-state index in [0.717, 1.165) is 55.7 Å². The van der Waals surface area contributed by atoms with E-state index in [4.69, 9.17) is 14.6 Å². The highest BCUT2D eigenvalue weighted by Crippen LogP contribution is 2.35. The smallest absolute Gasteiger partial charge is 0.228 e. The van der Waals surface area contributed by atoms with E-state index in [9.17, 15) is 9.18 Å². The molecule has 7 heteroatoms. The van der Waals surface area contributed by atoms with Gasteiger partial charge in [-0.1, -0.05) is 43.7 Å². The fourth-order valence-electron chi connectivity index (χ4n) is 4.77. The first-order valence-electron chi connectivity index (χ1n) is 12.6.